The van der Waals surface area contributed by atoms with E-state index in [0.29, 0.717) is 11.8 Å². The Morgan fingerprint density at radius 1 is 0.472 bits per heavy atom. The fourth-order valence-corrected chi connectivity index (χ4v) is 7.56. The number of hydrogen-bond donors (Lipinski definition) is 0. The molecular weight excluding hydrogens is 436 g/mol. The Labute approximate surface area is 221 Å². The molecule has 0 amide bonds. The van der Waals surface area contributed by atoms with E-state index < -0.39 is 0 Å². The molecule has 0 radical (unpaired) electrons. The molecule has 2 unspecified atom stereocenters. The third-order valence-electron chi connectivity index (χ3n) is 10.7. The highest BCUT2D eigenvalue weighted by Crippen LogP contribution is 2.52. The van der Waals surface area contributed by atoms with Crippen molar-refractivity contribution >= 4 is 0 Å². The monoisotopic (exact) mass is 486 g/mol. The normalized spacial score (nSPS) is 22.3. The van der Waals surface area contributed by atoms with Gasteiger partial charge in [-0.05, 0) is 76.3 Å². The van der Waals surface area contributed by atoms with Crippen molar-refractivity contribution in [3.8, 4) is 0 Å². The Morgan fingerprint density at radius 3 is 1.08 bits per heavy atom. The van der Waals surface area contributed by atoms with Crippen molar-refractivity contribution in [3.63, 3.8) is 0 Å². The molecule has 0 saturated heterocycles. The summed E-state index contributed by atoms with van der Waals surface area (Å²) in [4.78, 5) is 0. The second-order valence-electron chi connectivity index (χ2n) is 13.1. The van der Waals surface area contributed by atoms with Crippen LogP contribution >= 0.6 is 0 Å². The maximum Gasteiger partial charge on any atom is 0.0856 e. The van der Waals surface area contributed by atoms with Gasteiger partial charge in [-0.1, -0.05) is 113 Å². The zero-order valence-corrected chi connectivity index (χ0v) is 23.9. The van der Waals surface area contributed by atoms with Crippen LogP contribution in [0.5, 0.6) is 0 Å². The molecule has 2 heteroatoms. The van der Waals surface area contributed by atoms with E-state index in [2.05, 4.69) is 102 Å². The van der Waals surface area contributed by atoms with Crippen LogP contribution in [0.25, 0.3) is 0 Å². The van der Waals surface area contributed by atoms with E-state index in [9.17, 15) is 0 Å². The second kappa shape index (κ2) is 10.8. The molecule has 2 aliphatic carbocycles. The topological polar surface area (TPSA) is 24.7 Å². The lowest BCUT2D eigenvalue weighted by atomic mass is 9.57. The lowest BCUT2D eigenvalue weighted by Crippen LogP contribution is -2.52. The van der Waals surface area contributed by atoms with Crippen LogP contribution in [0.3, 0.4) is 0 Å². The number of rotatable bonds is 8. The standard InChI is InChI=1S/C34H50N2/c1-31(2,33(5,27-19-11-7-12-20-27)28-21-13-8-14-22-28)35-36-32(3,4)34(6,29-23-15-9-16-24-29)30-25-17-10-18-26-30/h7,9,11-12,15-16,19-20,23-24,28,30H,8,10,13-14,17-18,21-22,25-26H2,1-6H3. The van der Waals surface area contributed by atoms with Crippen molar-refractivity contribution in [1.82, 2.24) is 0 Å². The second-order valence-corrected chi connectivity index (χ2v) is 13.1. The summed E-state index contributed by atoms with van der Waals surface area (Å²) in [6, 6.07) is 22.4. The smallest absolute Gasteiger partial charge is 0.0856 e. The average Bonchev–Trinajstić information content (AvgIpc) is 2.93. The molecule has 0 bridgehead atoms. The van der Waals surface area contributed by atoms with Crippen LogP contribution in [-0.4, -0.2) is 11.1 Å². The lowest BCUT2D eigenvalue weighted by Gasteiger charge is -2.51. The minimum Gasteiger partial charge on any atom is -0.187 e. The van der Waals surface area contributed by atoms with Gasteiger partial charge in [-0.25, -0.2) is 0 Å². The molecule has 2 aromatic rings. The van der Waals surface area contributed by atoms with Crippen molar-refractivity contribution < 1.29 is 0 Å². The van der Waals surface area contributed by atoms with Gasteiger partial charge < -0.3 is 0 Å². The van der Waals surface area contributed by atoms with Gasteiger partial charge in [0.2, 0.25) is 0 Å². The Balaban J connectivity index is 1.74. The summed E-state index contributed by atoms with van der Waals surface area (Å²) in [6.45, 7) is 14.3. The van der Waals surface area contributed by atoms with Crippen LogP contribution in [0.4, 0.5) is 0 Å². The Bertz CT molecular complexity index is 899. The van der Waals surface area contributed by atoms with Crippen molar-refractivity contribution in [2.75, 3.05) is 0 Å². The Morgan fingerprint density at radius 2 is 0.778 bits per heavy atom. The molecule has 36 heavy (non-hydrogen) atoms. The summed E-state index contributed by atoms with van der Waals surface area (Å²) >= 11 is 0. The highest BCUT2D eigenvalue weighted by Gasteiger charge is 2.51. The SMILES string of the molecule is CC(C)(N=NC(C)(C)C(C)(c1ccccc1)C1CCCCC1)C(C)(c1ccccc1)C1CCCCC1. The number of azo groups is 1. The van der Waals surface area contributed by atoms with Crippen LogP contribution < -0.4 is 0 Å². The average molecular weight is 487 g/mol. The van der Waals surface area contributed by atoms with Crippen molar-refractivity contribution in [2.24, 2.45) is 22.1 Å². The highest BCUT2D eigenvalue weighted by atomic mass is 15.2. The highest BCUT2D eigenvalue weighted by molar-refractivity contribution is 5.33. The zero-order chi connectivity index (χ0) is 25.9. The van der Waals surface area contributed by atoms with Crippen LogP contribution in [0, 0.1) is 11.8 Å². The number of benzene rings is 2. The fraction of sp³-hybridized carbons (Fsp3) is 0.647. The van der Waals surface area contributed by atoms with Gasteiger partial charge in [0.25, 0.3) is 0 Å². The lowest BCUT2D eigenvalue weighted by molar-refractivity contribution is 0.112. The van der Waals surface area contributed by atoms with Gasteiger partial charge >= 0.3 is 0 Å². The van der Waals surface area contributed by atoms with E-state index in [0.717, 1.165) is 0 Å². The molecule has 2 nitrogen and oxygen atoms in total. The predicted octanol–water partition coefficient (Wildman–Crippen LogP) is 10.1. The van der Waals surface area contributed by atoms with E-state index in [-0.39, 0.29) is 21.9 Å². The summed E-state index contributed by atoms with van der Waals surface area (Å²) in [7, 11) is 0. The molecule has 2 saturated carbocycles. The van der Waals surface area contributed by atoms with E-state index in [4.69, 9.17) is 10.2 Å². The van der Waals surface area contributed by atoms with Gasteiger partial charge in [0.1, 0.15) is 0 Å². The molecule has 0 heterocycles. The van der Waals surface area contributed by atoms with Crippen molar-refractivity contribution in [3.05, 3.63) is 71.8 Å². The first kappa shape index (κ1) is 27.1. The molecule has 4 rings (SSSR count). The Kier molecular flexibility index (Phi) is 8.13. The van der Waals surface area contributed by atoms with Gasteiger partial charge in [-0.15, -0.1) is 0 Å². The third-order valence-corrected chi connectivity index (χ3v) is 10.7. The fourth-order valence-electron chi connectivity index (χ4n) is 7.56. The molecule has 2 fully saturated rings. The summed E-state index contributed by atoms with van der Waals surface area (Å²) in [6.07, 6.45) is 13.2. The van der Waals surface area contributed by atoms with Crippen LogP contribution in [0.15, 0.2) is 70.9 Å². The van der Waals surface area contributed by atoms with Crippen LogP contribution in [0.2, 0.25) is 0 Å². The van der Waals surface area contributed by atoms with Crippen LogP contribution in [0.1, 0.15) is 117 Å². The van der Waals surface area contributed by atoms with Gasteiger partial charge in [0, 0.05) is 10.8 Å². The quantitative estimate of drug-likeness (QED) is 0.332. The maximum absolute atomic E-state index is 5.36. The van der Waals surface area contributed by atoms with Gasteiger partial charge in [0.15, 0.2) is 0 Å². The van der Waals surface area contributed by atoms with E-state index >= 15 is 0 Å². The summed E-state index contributed by atoms with van der Waals surface area (Å²) < 4.78 is 0. The molecule has 2 aromatic carbocycles. The summed E-state index contributed by atoms with van der Waals surface area (Å²) in [5.41, 5.74) is 2.11. The van der Waals surface area contributed by atoms with Crippen LogP contribution in [-0.2, 0) is 10.8 Å². The zero-order valence-electron chi connectivity index (χ0n) is 23.9. The first-order valence-corrected chi connectivity index (χ1v) is 14.7. The molecule has 2 aliphatic rings. The number of hydrogen-bond acceptors (Lipinski definition) is 2. The molecule has 196 valence electrons. The maximum atomic E-state index is 5.36. The minimum absolute atomic E-state index is 0.0533. The summed E-state index contributed by atoms with van der Waals surface area (Å²) in [5.74, 6) is 1.26. The first-order chi connectivity index (χ1) is 17.1. The van der Waals surface area contributed by atoms with Gasteiger partial charge in [-0.3, -0.25) is 0 Å². The molecule has 0 aliphatic heterocycles. The molecule has 0 N–H and O–H groups in total. The minimum atomic E-state index is -0.308. The van der Waals surface area contributed by atoms with Crippen molar-refractivity contribution in [2.45, 2.75) is 128 Å². The van der Waals surface area contributed by atoms with E-state index in [1.807, 2.05) is 0 Å². The van der Waals surface area contributed by atoms with E-state index in [1.165, 1.54) is 75.3 Å². The molecule has 0 aromatic heterocycles. The molecule has 0 spiro atoms. The summed E-state index contributed by atoms with van der Waals surface area (Å²) in [5, 5.41) is 10.7. The Hall–Kier alpha value is -1.96. The predicted molar refractivity (Wildman–Crippen MR) is 154 cm³/mol. The largest absolute Gasteiger partial charge is 0.187 e. The number of nitrogens with zero attached hydrogens (tertiary/aromatic N) is 2. The van der Waals surface area contributed by atoms with Crippen molar-refractivity contribution in [1.29, 1.82) is 0 Å². The molecule has 2 atom stereocenters. The van der Waals surface area contributed by atoms with Gasteiger partial charge in [-0.2, -0.15) is 10.2 Å². The van der Waals surface area contributed by atoms with E-state index in [1.54, 1.807) is 0 Å². The first-order valence-electron chi connectivity index (χ1n) is 14.7. The van der Waals surface area contributed by atoms with Gasteiger partial charge in [0.05, 0.1) is 11.1 Å². The molecular formula is C34H50N2. The third kappa shape index (κ3) is 4.94.